The molecule has 0 radical (unpaired) electrons. The quantitative estimate of drug-likeness (QED) is 0.694. The second-order valence-corrected chi connectivity index (χ2v) is 7.63. The number of morpholine rings is 1. The van der Waals surface area contributed by atoms with Crippen LogP contribution in [0.1, 0.15) is 31.0 Å². The van der Waals surface area contributed by atoms with Gasteiger partial charge in [0.2, 0.25) is 0 Å². The van der Waals surface area contributed by atoms with E-state index in [1.54, 1.807) is 13.2 Å². The highest BCUT2D eigenvalue weighted by atomic mass is 35.5. The van der Waals surface area contributed by atoms with E-state index >= 15 is 0 Å². The smallest absolute Gasteiger partial charge is 0.267 e. The number of benzene rings is 1. The lowest BCUT2D eigenvalue weighted by atomic mass is 9.93. The molecule has 6 heteroatoms. The van der Waals surface area contributed by atoms with Crippen LogP contribution in [0.4, 0.5) is 5.69 Å². The van der Waals surface area contributed by atoms with Gasteiger partial charge in [-0.05, 0) is 48.6 Å². The maximum atomic E-state index is 12.1. The summed E-state index contributed by atoms with van der Waals surface area (Å²) in [5, 5.41) is 0.196. The average molecular weight is 417 g/mol. The summed E-state index contributed by atoms with van der Waals surface area (Å²) in [7, 11) is 1.72. The summed E-state index contributed by atoms with van der Waals surface area (Å²) in [4.78, 5) is 17.4. The van der Waals surface area contributed by atoms with Crippen molar-refractivity contribution in [1.82, 2.24) is 4.98 Å². The van der Waals surface area contributed by atoms with Crippen molar-refractivity contribution in [3.05, 3.63) is 69.1 Å². The Morgan fingerprint density at radius 3 is 2.59 bits per heavy atom. The summed E-state index contributed by atoms with van der Waals surface area (Å²) >= 11 is 5.94. The van der Waals surface area contributed by atoms with Gasteiger partial charge in [0, 0.05) is 43.8 Å². The lowest BCUT2D eigenvalue weighted by Crippen LogP contribution is -2.36. The summed E-state index contributed by atoms with van der Waals surface area (Å²) < 4.78 is 10.7. The van der Waals surface area contributed by atoms with Crippen LogP contribution in [0.2, 0.25) is 5.02 Å². The lowest BCUT2D eigenvalue weighted by Gasteiger charge is -2.29. The molecule has 0 amide bonds. The molecule has 5 nitrogen and oxygen atoms in total. The van der Waals surface area contributed by atoms with E-state index in [9.17, 15) is 4.79 Å². The first-order valence-corrected chi connectivity index (χ1v) is 10.5. The fraction of sp³-hybridized carbons (Fsp3) is 0.435. The molecule has 1 aromatic heterocycles. The van der Waals surface area contributed by atoms with E-state index < -0.39 is 0 Å². The Morgan fingerprint density at radius 2 is 1.97 bits per heavy atom. The fourth-order valence-corrected chi connectivity index (χ4v) is 3.65. The van der Waals surface area contributed by atoms with Gasteiger partial charge in [-0.3, -0.25) is 4.79 Å². The van der Waals surface area contributed by atoms with E-state index in [1.165, 1.54) is 5.69 Å². The van der Waals surface area contributed by atoms with Crippen LogP contribution in [0.3, 0.4) is 0 Å². The van der Waals surface area contributed by atoms with Crippen LogP contribution in [0.5, 0.6) is 0 Å². The molecule has 156 valence electrons. The van der Waals surface area contributed by atoms with Crippen LogP contribution in [0.15, 0.2) is 47.3 Å². The van der Waals surface area contributed by atoms with Crippen molar-refractivity contribution < 1.29 is 9.47 Å². The number of nitrogens with one attached hydrogen (secondary N) is 1. The van der Waals surface area contributed by atoms with Crippen molar-refractivity contribution in [3.63, 3.8) is 0 Å². The average Bonchev–Trinajstić information content (AvgIpc) is 2.77. The van der Waals surface area contributed by atoms with Gasteiger partial charge in [0.25, 0.3) is 5.56 Å². The third kappa shape index (κ3) is 5.72. The first-order chi connectivity index (χ1) is 14.1. The number of nitrogens with zero attached hydrogens (tertiary/aromatic N) is 1. The van der Waals surface area contributed by atoms with Gasteiger partial charge in [0.05, 0.1) is 13.2 Å². The number of aromatic amines is 1. The van der Waals surface area contributed by atoms with Crippen molar-refractivity contribution in [2.75, 3.05) is 44.9 Å². The van der Waals surface area contributed by atoms with Gasteiger partial charge in [-0.1, -0.05) is 36.7 Å². The summed E-state index contributed by atoms with van der Waals surface area (Å²) in [6.07, 6.45) is 4.17. The number of aromatic nitrogens is 1. The predicted molar refractivity (Wildman–Crippen MR) is 119 cm³/mol. The van der Waals surface area contributed by atoms with Crippen molar-refractivity contribution in [3.8, 4) is 0 Å². The Labute approximate surface area is 177 Å². The zero-order valence-electron chi connectivity index (χ0n) is 17.1. The topological polar surface area (TPSA) is 54.6 Å². The largest absolute Gasteiger partial charge is 0.385 e. The third-order valence-electron chi connectivity index (χ3n) is 5.33. The van der Waals surface area contributed by atoms with E-state index in [2.05, 4.69) is 47.1 Å². The first-order valence-electron chi connectivity index (χ1n) is 10.2. The Bertz CT molecular complexity index is 870. The van der Waals surface area contributed by atoms with Crippen LogP contribution in [-0.4, -0.2) is 45.0 Å². The Hall–Kier alpha value is -2.08. The molecule has 1 aromatic carbocycles. The predicted octanol–water partition coefficient (Wildman–Crippen LogP) is 4.36. The van der Waals surface area contributed by atoms with Crippen LogP contribution in [0, 0.1) is 5.92 Å². The van der Waals surface area contributed by atoms with Crippen LogP contribution in [-0.2, 0) is 9.47 Å². The van der Waals surface area contributed by atoms with Gasteiger partial charge in [-0.15, -0.1) is 0 Å². The molecule has 0 bridgehead atoms. The lowest BCUT2D eigenvalue weighted by molar-refractivity contribution is 0.122. The van der Waals surface area contributed by atoms with Crippen molar-refractivity contribution in [2.24, 2.45) is 5.92 Å². The van der Waals surface area contributed by atoms with Gasteiger partial charge in [0.15, 0.2) is 0 Å². The number of ether oxygens (including phenoxy) is 2. The molecule has 1 aliphatic heterocycles. The minimum atomic E-state index is -0.273. The highest BCUT2D eigenvalue weighted by molar-refractivity contribution is 6.30. The Kier molecular flexibility index (Phi) is 7.92. The summed E-state index contributed by atoms with van der Waals surface area (Å²) in [5.41, 5.74) is 3.76. The standard InChI is InChI=1S/C23H29ClN2O3/c1-3-17(10-13-28-2)16-20(22-9-8-21(24)23(27)25-22)18-4-6-19(7-5-18)26-11-14-29-15-12-26/h4-9,16-17H,3,10-15H2,1-2H3,(H,25,27)/b20-16+. The molecule has 2 aromatic rings. The number of anilines is 1. The summed E-state index contributed by atoms with van der Waals surface area (Å²) in [6.45, 7) is 6.20. The number of hydrogen-bond donors (Lipinski definition) is 1. The molecule has 0 saturated carbocycles. The number of methoxy groups -OCH3 is 1. The highest BCUT2D eigenvalue weighted by Crippen LogP contribution is 2.28. The van der Waals surface area contributed by atoms with Crippen molar-refractivity contribution in [2.45, 2.75) is 19.8 Å². The maximum Gasteiger partial charge on any atom is 0.267 e. The van der Waals surface area contributed by atoms with Gasteiger partial charge in [0.1, 0.15) is 5.02 Å². The van der Waals surface area contributed by atoms with E-state index in [-0.39, 0.29) is 10.6 Å². The first kappa shape index (κ1) is 21.6. The molecule has 3 rings (SSSR count). The second-order valence-electron chi connectivity index (χ2n) is 7.23. The van der Waals surface area contributed by atoms with E-state index in [1.807, 2.05) is 6.07 Å². The van der Waals surface area contributed by atoms with Crippen LogP contribution < -0.4 is 10.5 Å². The summed E-state index contributed by atoms with van der Waals surface area (Å²) in [6, 6.07) is 12.0. The molecule has 0 aliphatic carbocycles. The van der Waals surface area contributed by atoms with Gasteiger partial charge >= 0.3 is 0 Å². The molecule has 1 atom stereocenters. The number of hydrogen-bond acceptors (Lipinski definition) is 4. The monoisotopic (exact) mass is 416 g/mol. The Balaban J connectivity index is 1.95. The molecule has 1 saturated heterocycles. The molecular formula is C23H29ClN2O3. The maximum absolute atomic E-state index is 12.1. The molecule has 2 heterocycles. The number of rotatable bonds is 8. The van der Waals surface area contributed by atoms with Crippen LogP contribution >= 0.6 is 11.6 Å². The normalized spacial score (nSPS) is 16.1. The molecule has 1 aliphatic rings. The van der Waals surface area contributed by atoms with Gasteiger partial charge in [-0.25, -0.2) is 0 Å². The zero-order chi connectivity index (χ0) is 20.6. The number of allylic oxidation sites excluding steroid dienone is 1. The van der Waals surface area contributed by atoms with E-state index in [0.717, 1.165) is 56.0 Å². The van der Waals surface area contributed by atoms with E-state index in [0.29, 0.717) is 12.5 Å². The third-order valence-corrected chi connectivity index (χ3v) is 5.62. The molecular weight excluding hydrogens is 388 g/mol. The minimum absolute atomic E-state index is 0.196. The van der Waals surface area contributed by atoms with Crippen molar-refractivity contribution in [1.29, 1.82) is 0 Å². The van der Waals surface area contributed by atoms with E-state index in [4.69, 9.17) is 21.1 Å². The number of halogens is 1. The van der Waals surface area contributed by atoms with Crippen molar-refractivity contribution >= 4 is 22.9 Å². The fourth-order valence-electron chi connectivity index (χ4n) is 3.54. The molecule has 1 N–H and O–H groups in total. The molecule has 1 unspecified atom stereocenters. The minimum Gasteiger partial charge on any atom is -0.385 e. The molecule has 0 spiro atoms. The second kappa shape index (κ2) is 10.6. The van der Waals surface area contributed by atoms with Crippen LogP contribution in [0.25, 0.3) is 5.57 Å². The van der Waals surface area contributed by atoms with Gasteiger partial charge < -0.3 is 19.4 Å². The SMILES string of the molecule is CCC(/C=C(\c1ccc(N2CCOCC2)cc1)c1ccc(Cl)c(=O)[nH]1)CCOC. The molecule has 1 fully saturated rings. The highest BCUT2D eigenvalue weighted by Gasteiger charge is 2.14. The zero-order valence-corrected chi connectivity index (χ0v) is 17.9. The summed E-state index contributed by atoms with van der Waals surface area (Å²) in [5.74, 6) is 0.350. The Morgan fingerprint density at radius 1 is 1.24 bits per heavy atom. The number of pyridine rings is 1. The van der Waals surface area contributed by atoms with Gasteiger partial charge in [-0.2, -0.15) is 0 Å². The number of H-pyrrole nitrogens is 1. The molecule has 29 heavy (non-hydrogen) atoms.